The van der Waals surface area contributed by atoms with Crippen molar-refractivity contribution >= 4 is 46.2 Å². The molecule has 0 unspecified atom stereocenters. The van der Waals surface area contributed by atoms with Gasteiger partial charge in [0.2, 0.25) is 0 Å². The fraction of sp³-hybridized carbons (Fsp3) is 0. The van der Waals surface area contributed by atoms with Gasteiger partial charge in [-0.3, -0.25) is 4.79 Å². The van der Waals surface area contributed by atoms with Crippen LogP contribution in [-0.4, -0.2) is 0 Å². The minimum absolute atomic E-state index is 0.202. The number of thioether (sulfide) groups is 2. The molecule has 0 saturated heterocycles. The summed E-state index contributed by atoms with van der Waals surface area (Å²) in [6.07, 6.45) is 0. The van der Waals surface area contributed by atoms with Crippen molar-refractivity contribution < 1.29 is 0 Å². The summed E-state index contributed by atoms with van der Waals surface area (Å²) < 4.78 is 2.51. The third kappa shape index (κ3) is 1.18. The molecule has 52 valence electrons. The maximum atomic E-state index is 10.8. The van der Waals surface area contributed by atoms with Crippen molar-refractivity contribution in [2.75, 3.05) is 0 Å². The van der Waals surface area contributed by atoms with Crippen LogP contribution in [0.4, 0.5) is 0 Å². The molecule has 0 fully saturated rings. The standard InChI is InChI=1S/C5H2OS4/c6-5-9-3-4(10-5)8-2-1-7-3/h1-2H. The van der Waals surface area contributed by atoms with Gasteiger partial charge in [0.25, 0.3) is 4.06 Å². The Hall–Kier alpha value is 0.290. The molecule has 0 atom stereocenters. The van der Waals surface area contributed by atoms with E-state index in [4.69, 9.17) is 0 Å². The Morgan fingerprint density at radius 2 is 1.50 bits per heavy atom. The molecule has 0 aromatic carbocycles. The lowest BCUT2D eigenvalue weighted by Crippen LogP contribution is -1.73. The second-order valence-corrected chi connectivity index (χ2v) is 6.11. The van der Waals surface area contributed by atoms with E-state index >= 15 is 0 Å². The third-order valence-electron chi connectivity index (χ3n) is 0.924. The van der Waals surface area contributed by atoms with E-state index in [0.717, 1.165) is 8.42 Å². The van der Waals surface area contributed by atoms with Crippen LogP contribution in [-0.2, 0) is 0 Å². The van der Waals surface area contributed by atoms with Crippen LogP contribution in [0, 0.1) is 0 Å². The molecular weight excluding hydrogens is 204 g/mol. The average Bonchev–Trinajstić information content (AvgIpc) is 2.27. The van der Waals surface area contributed by atoms with Crippen molar-refractivity contribution in [2.45, 2.75) is 8.42 Å². The predicted octanol–water partition coefficient (Wildman–Crippen LogP) is 2.84. The molecule has 0 saturated carbocycles. The molecule has 2 heterocycles. The molecular formula is C5H2OS4. The van der Waals surface area contributed by atoms with Crippen LogP contribution in [0.25, 0.3) is 0 Å². The van der Waals surface area contributed by atoms with Crippen LogP contribution in [0.1, 0.15) is 0 Å². The summed E-state index contributed by atoms with van der Waals surface area (Å²) in [6, 6.07) is 0. The van der Waals surface area contributed by atoms with Gasteiger partial charge in [0.15, 0.2) is 0 Å². The van der Waals surface area contributed by atoms with Crippen LogP contribution in [0.15, 0.2) is 24.0 Å². The first-order valence-electron chi connectivity index (χ1n) is 2.48. The molecule has 1 aliphatic heterocycles. The minimum atomic E-state index is 0.202. The van der Waals surface area contributed by atoms with Gasteiger partial charge in [0.05, 0.1) is 8.42 Å². The largest absolute Gasteiger partial charge is 0.289 e. The van der Waals surface area contributed by atoms with E-state index in [1.54, 1.807) is 23.5 Å². The van der Waals surface area contributed by atoms with Crippen LogP contribution in [0.5, 0.6) is 0 Å². The average molecular weight is 206 g/mol. The second-order valence-electron chi connectivity index (χ2n) is 1.54. The summed E-state index contributed by atoms with van der Waals surface area (Å²) in [5.41, 5.74) is 0. The monoisotopic (exact) mass is 206 g/mol. The zero-order chi connectivity index (χ0) is 6.97. The Kier molecular flexibility index (Phi) is 1.90. The molecule has 1 aliphatic rings. The molecule has 1 aromatic rings. The molecule has 1 nitrogen and oxygen atoms in total. The Morgan fingerprint density at radius 1 is 1.00 bits per heavy atom. The minimum Gasteiger partial charge on any atom is -0.265 e. The van der Waals surface area contributed by atoms with Crippen molar-refractivity contribution in [2.24, 2.45) is 0 Å². The van der Waals surface area contributed by atoms with Gasteiger partial charge in [0, 0.05) is 0 Å². The van der Waals surface area contributed by atoms with Gasteiger partial charge >= 0.3 is 0 Å². The van der Waals surface area contributed by atoms with Gasteiger partial charge in [-0.1, -0.05) is 46.2 Å². The quantitative estimate of drug-likeness (QED) is 0.650. The fourth-order valence-corrected chi connectivity index (χ4v) is 5.17. The van der Waals surface area contributed by atoms with E-state index in [9.17, 15) is 4.79 Å². The highest BCUT2D eigenvalue weighted by Crippen LogP contribution is 2.41. The van der Waals surface area contributed by atoms with Crippen LogP contribution in [0.2, 0.25) is 0 Å². The summed E-state index contributed by atoms with van der Waals surface area (Å²) >= 11 is 5.96. The first kappa shape index (κ1) is 6.97. The molecule has 1 aromatic heterocycles. The molecule has 2 rings (SSSR count). The van der Waals surface area contributed by atoms with E-state index in [2.05, 4.69) is 0 Å². The summed E-state index contributed by atoms with van der Waals surface area (Å²) in [4.78, 5) is 10.8. The lowest BCUT2D eigenvalue weighted by atomic mass is 11.1. The molecule has 0 bridgehead atoms. The van der Waals surface area contributed by atoms with E-state index in [1.807, 2.05) is 10.8 Å². The molecule has 0 amide bonds. The first-order chi connectivity index (χ1) is 4.86. The van der Waals surface area contributed by atoms with E-state index in [1.165, 1.54) is 22.7 Å². The van der Waals surface area contributed by atoms with Crippen molar-refractivity contribution in [1.29, 1.82) is 0 Å². The molecule has 5 heteroatoms. The predicted molar refractivity (Wildman–Crippen MR) is 49.3 cm³/mol. The van der Waals surface area contributed by atoms with E-state index in [-0.39, 0.29) is 4.06 Å². The highest BCUT2D eigenvalue weighted by atomic mass is 32.2. The van der Waals surface area contributed by atoms with Gasteiger partial charge in [-0.25, -0.2) is 0 Å². The van der Waals surface area contributed by atoms with Crippen LogP contribution < -0.4 is 4.06 Å². The van der Waals surface area contributed by atoms with Crippen LogP contribution in [0.3, 0.4) is 0 Å². The lowest BCUT2D eigenvalue weighted by molar-refractivity contribution is 1.54. The summed E-state index contributed by atoms with van der Waals surface area (Å²) in [5.74, 6) is 0. The maximum Gasteiger partial charge on any atom is 0.289 e. The fourth-order valence-electron chi connectivity index (χ4n) is 0.579. The van der Waals surface area contributed by atoms with Crippen molar-refractivity contribution in [3.05, 3.63) is 19.7 Å². The van der Waals surface area contributed by atoms with Gasteiger partial charge < -0.3 is 0 Å². The lowest BCUT2D eigenvalue weighted by Gasteiger charge is -1.98. The Labute approximate surface area is 74.2 Å². The molecule has 0 aliphatic carbocycles. The third-order valence-corrected chi connectivity index (χ3v) is 5.68. The number of hydrogen-bond donors (Lipinski definition) is 0. The van der Waals surface area contributed by atoms with Gasteiger partial charge in [-0.05, 0) is 10.8 Å². The van der Waals surface area contributed by atoms with Gasteiger partial charge in [-0.2, -0.15) is 0 Å². The van der Waals surface area contributed by atoms with Gasteiger partial charge in [-0.15, -0.1) is 0 Å². The van der Waals surface area contributed by atoms with Crippen molar-refractivity contribution in [1.82, 2.24) is 0 Å². The number of hydrogen-bond acceptors (Lipinski definition) is 5. The van der Waals surface area contributed by atoms with Crippen molar-refractivity contribution in [3.63, 3.8) is 0 Å². The Bertz CT molecular complexity index is 292. The first-order valence-corrected chi connectivity index (χ1v) is 5.88. The second kappa shape index (κ2) is 2.73. The Morgan fingerprint density at radius 3 is 2.00 bits per heavy atom. The maximum absolute atomic E-state index is 10.8. The molecule has 0 N–H and O–H groups in total. The highest BCUT2D eigenvalue weighted by Gasteiger charge is 2.10. The summed E-state index contributed by atoms with van der Waals surface area (Å²) in [6.45, 7) is 0. The SMILES string of the molecule is O=c1sc2c(s1)SC=CS2. The molecule has 10 heavy (non-hydrogen) atoms. The summed E-state index contributed by atoms with van der Waals surface area (Å²) in [7, 11) is 0. The Balaban J connectivity index is 2.56. The molecule has 0 spiro atoms. The number of fused-ring (bicyclic) bond motifs is 1. The zero-order valence-corrected chi connectivity index (χ0v) is 7.96. The van der Waals surface area contributed by atoms with Gasteiger partial charge in [0.1, 0.15) is 0 Å². The van der Waals surface area contributed by atoms with E-state index < -0.39 is 0 Å². The molecule has 0 radical (unpaired) electrons. The number of rotatable bonds is 0. The topological polar surface area (TPSA) is 17.1 Å². The zero-order valence-electron chi connectivity index (χ0n) is 4.70. The van der Waals surface area contributed by atoms with Crippen LogP contribution >= 0.6 is 46.2 Å². The van der Waals surface area contributed by atoms with Crippen molar-refractivity contribution in [3.8, 4) is 0 Å². The highest BCUT2D eigenvalue weighted by molar-refractivity contribution is 8.10. The van der Waals surface area contributed by atoms with E-state index in [0.29, 0.717) is 0 Å². The normalized spacial score (nSPS) is 15.2. The smallest absolute Gasteiger partial charge is 0.265 e. The summed E-state index contributed by atoms with van der Waals surface area (Å²) in [5, 5.41) is 4.02.